The number of fused-ring (bicyclic) bond motifs is 1. The molecule has 2 rings (SSSR count). The first kappa shape index (κ1) is 23.5. The van der Waals surface area contributed by atoms with E-state index in [1.54, 1.807) is 18.2 Å². The molecule has 0 amide bonds. The van der Waals surface area contributed by atoms with Crippen LogP contribution in [0.1, 0.15) is 109 Å². The number of aromatic hydroxyl groups is 1. The number of para-hydroxylation sites is 1. The van der Waals surface area contributed by atoms with E-state index >= 15 is 0 Å². The third-order valence-electron chi connectivity index (χ3n) is 5.88. The van der Waals surface area contributed by atoms with Crippen molar-refractivity contribution in [1.29, 1.82) is 0 Å². The van der Waals surface area contributed by atoms with Gasteiger partial charge in [0.25, 0.3) is 0 Å². The maximum Gasteiger partial charge on any atom is 0.336 e. The van der Waals surface area contributed by atoms with Crippen LogP contribution in [-0.4, -0.2) is 5.11 Å². The molecule has 1 heterocycles. The molecule has 0 atom stereocenters. The predicted molar refractivity (Wildman–Crippen MR) is 123 cm³/mol. The Morgan fingerprint density at radius 2 is 1.28 bits per heavy atom. The van der Waals surface area contributed by atoms with Crippen molar-refractivity contribution in [3.63, 3.8) is 0 Å². The lowest BCUT2D eigenvalue weighted by atomic mass is 10.0. The minimum atomic E-state index is -0.380. The summed E-state index contributed by atoms with van der Waals surface area (Å²) >= 11 is 0. The van der Waals surface area contributed by atoms with E-state index in [0.29, 0.717) is 5.58 Å². The van der Waals surface area contributed by atoms with Gasteiger partial charge in [-0.15, -0.1) is 0 Å². The van der Waals surface area contributed by atoms with Gasteiger partial charge in [0.15, 0.2) is 11.3 Å². The molecule has 29 heavy (non-hydrogen) atoms. The van der Waals surface area contributed by atoms with Gasteiger partial charge < -0.3 is 9.52 Å². The van der Waals surface area contributed by atoms with E-state index in [-0.39, 0.29) is 11.4 Å². The highest BCUT2D eigenvalue weighted by atomic mass is 16.4. The lowest BCUT2D eigenvalue weighted by Gasteiger charge is -2.06. The van der Waals surface area contributed by atoms with Crippen molar-refractivity contribution in [1.82, 2.24) is 0 Å². The summed E-state index contributed by atoms with van der Waals surface area (Å²) in [6.45, 7) is 2.28. The zero-order chi connectivity index (χ0) is 20.7. The third kappa shape index (κ3) is 9.06. The highest BCUT2D eigenvalue weighted by molar-refractivity contribution is 5.85. The first-order valence-electron chi connectivity index (χ1n) is 12.0. The SMILES string of the molecule is CCCCCCCCCCCCCCCCCc1cc(=O)oc2c(O)cccc12. The zero-order valence-corrected chi connectivity index (χ0v) is 18.4. The summed E-state index contributed by atoms with van der Waals surface area (Å²) in [6.07, 6.45) is 21.1. The maximum absolute atomic E-state index is 11.7. The molecule has 1 aromatic heterocycles. The Bertz CT molecular complexity index is 747. The molecule has 1 aromatic carbocycles. The number of aryl methyl sites for hydroxylation is 1. The summed E-state index contributed by atoms with van der Waals surface area (Å²) in [5, 5.41) is 10.7. The summed E-state index contributed by atoms with van der Waals surface area (Å²) in [4.78, 5) is 11.7. The summed E-state index contributed by atoms with van der Waals surface area (Å²) in [5.41, 5.74) is 0.924. The molecule has 3 heteroatoms. The van der Waals surface area contributed by atoms with E-state index < -0.39 is 0 Å². The van der Waals surface area contributed by atoms with Crippen LogP contribution in [0.4, 0.5) is 0 Å². The number of benzene rings is 1. The Kier molecular flexibility index (Phi) is 11.6. The van der Waals surface area contributed by atoms with Crippen molar-refractivity contribution in [3.8, 4) is 5.75 Å². The molecule has 0 aliphatic rings. The van der Waals surface area contributed by atoms with Crippen LogP contribution in [0, 0.1) is 0 Å². The Morgan fingerprint density at radius 1 is 0.759 bits per heavy atom. The van der Waals surface area contributed by atoms with Gasteiger partial charge in [-0.25, -0.2) is 4.79 Å². The second-order valence-electron chi connectivity index (χ2n) is 8.44. The largest absolute Gasteiger partial charge is 0.504 e. The normalized spacial score (nSPS) is 11.3. The standard InChI is InChI=1S/C26H40O3/c1-2-3-4-5-6-7-8-9-10-11-12-13-14-15-16-18-22-21-25(28)29-26-23(22)19-17-20-24(26)27/h17,19-21,27H,2-16,18H2,1H3. The maximum atomic E-state index is 11.7. The van der Waals surface area contributed by atoms with E-state index in [1.807, 2.05) is 6.07 Å². The number of unbranched alkanes of at least 4 members (excludes halogenated alkanes) is 14. The van der Waals surface area contributed by atoms with Crippen LogP contribution in [0.25, 0.3) is 11.0 Å². The van der Waals surface area contributed by atoms with Gasteiger partial charge in [0.05, 0.1) is 0 Å². The number of hydrogen-bond acceptors (Lipinski definition) is 3. The van der Waals surface area contributed by atoms with Crippen LogP contribution in [-0.2, 0) is 6.42 Å². The van der Waals surface area contributed by atoms with Crippen molar-refractivity contribution < 1.29 is 9.52 Å². The number of phenolic OH excluding ortho intramolecular Hbond substituents is 1. The fourth-order valence-corrected chi connectivity index (χ4v) is 4.13. The highest BCUT2D eigenvalue weighted by Gasteiger charge is 2.08. The number of phenols is 1. The fourth-order valence-electron chi connectivity index (χ4n) is 4.13. The Balaban J connectivity index is 1.49. The molecule has 162 valence electrons. The van der Waals surface area contributed by atoms with E-state index in [1.165, 1.54) is 89.9 Å². The average molecular weight is 401 g/mol. The topological polar surface area (TPSA) is 50.4 Å². The first-order valence-corrected chi connectivity index (χ1v) is 12.0. The lowest BCUT2D eigenvalue weighted by molar-refractivity contribution is 0.456. The molecule has 0 radical (unpaired) electrons. The Labute approximate surface area is 176 Å². The smallest absolute Gasteiger partial charge is 0.336 e. The summed E-state index contributed by atoms with van der Waals surface area (Å²) in [5.74, 6) is 0.0398. The molecule has 1 N–H and O–H groups in total. The minimum absolute atomic E-state index is 0.0398. The second-order valence-corrected chi connectivity index (χ2v) is 8.44. The van der Waals surface area contributed by atoms with Gasteiger partial charge in [0.1, 0.15) is 0 Å². The molecule has 0 spiro atoms. The molecule has 0 bridgehead atoms. The molecule has 2 aromatic rings. The molecule has 0 fully saturated rings. The van der Waals surface area contributed by atoms with Crippen molar-refractivity contribution in [2.45, 2.75) is 110 Å². The Morgan fingerprint density at radius 3 is 1.83 bits per heavy atom. The van der Waals surface area contributed by atoms with Crippen molar-refractivity contribution >= 4 is 11.0 Å². The van der Waals surface area contributed by atoms with E-state index in [2.05, 4.69) is 6.92 Å². The number of rotatable bonds is 16. The van der Waals surface area contributed by atoms with Crippen molar-refractivity contribution in [3.05, 3.63) is 40.2 Å². The molecular weight excluding hydrogens is 360 g/mol. The van der Waals surface area contributed by atoms with Gasteiger partial charge in [-0.2, -0.15) is 0 Å². The summed E-state index contributed by atoms with van der Waals surface area (Å²) < 4.78 is 5.16. The van der Waals surface area contributed by atoms with Gasteiger partial charge in [-0.1, -0.05) is 109 Å². The first-order chi connectivity index (χ1) is 14.2. The number of hydrogen-bond donors (Lipinski definition) is 1. The van der Waals surface area contributed by atoms with Crippen molar-refractivity contribution in [2.24, 2.45) is 0 Å². The van der Waals surface area contributed by atoms with Crippen LogP contribution in [0.15, 0.2) is 33.5 Å². The minimum Gasteiger partial charge on any atom is -0.504 e. The zero-order valence-electron chi connectivity index (χ0n) is 18.4. The fraction of sp³-hybridized carbons (Fsp3) is 0.654. The molecule has 3 nitrogen and oxygen atoms in total. The summed E-state index contributed by atoms with van der Waals surface area (Å²) in [7, 11) is 0. The van der Waals surface area contributed by atoms with Crippen LogP contribution in [0.5, 0.6) is 5.75 Å². The molecule has 0 unspecified atom stereocenters. The van der Waals surface area contributed by atoms with E-state index in [4.69, 9.17) is 4.42 Å². The van der Waals surface area contributed by atoms with E-state index in [0.717, 1.165) is 23.8 Å². The van der Waals surface area contributed by atoms with Crippen LogP contribution >= 0.6 is 0 Å². The second kappa shape index (κ2) is 14.3. The predicted octanol–water partition coefficient (Wildman–Crippen LogP) is 7.91. The molecule has 0 aliphatic carbocycles. The quantitative estimate of drug-likeness (QED) is 0.230. The summed E-state index contributed by atoms with van der Waals surface area (Å²) in [6, 6.07) is 6.85. The van der Waals surface area contributed by atoms with Crippen LogP contribution in [0.2, 0.25) is 0 Å². The lowest BCUT2D eigenvalue weighted by Crippen LogP contribution is -2.01. The van der Waals surface area contributed by atoms with Crippen LogP contribution < -0.4 is 5.63 Å². The third-order valence-corrected chi connectivity index (χ3v) is 5.88. The van der Waals surface area contributed by atoms with E-state index in [9.17, 15) is 9.90 Å². The van der Waals surface area contributed by atoms with Gasteiger partial charge >= 0.3 is 5.63 Å². The Hall–Kier alpha value is -1.77. The van der Waals surface area contributed by atoms with Gasteiger partial charge in [0.2, 0.25) is 0 Å². The van der Waals surface area contributed by atoms with Crippen molar-refractivity contribution in [2.75, 3.05) is 0 Å². The van der Waals surface area contributed by atoms with Gasteiger partial charge in [-0.05, 0) is 24.5 Å². The molecular formula is C26H40O3. The van der Waals surface area contributed by atoms with Crippen LogP contribution in [0.3, 0.4) is 0 Å². The monoisotopic (exact) mass is 400 g/mol. The molecule has 0 saturated heterocycles. The van der Waals surface area contributed by atoms with Gasteiger partial charge in [0, 0.05) is 11.5 Å². The van der Waals surface area contributed by atoms with Gasteiger partial charge in [-0.3, -0.25) is 0 Å². The average Bonchev–Trinajstić information content (AvgIpc) is 2.71. The molecule has 0 saturated carbocycles. The highest BCUT2D eigenvalue weighted by Crippen LogP contribution is 2.26. The molecule has 0 aliphatic heterocycles.